The van der Waals surface area contributed by atoms with E-state index in [0.717, 1.165) is 19.3 Å². The number of hydrogen-bond donors (Lipinski definition) is 2. The predicted molar refractivity (Wildman–Crippen MR) is 157 cm³/mol. The van der Waals surface area contributed by atoms with Crippen molar-refractivity contribution < 1.29 is 4.79 Å². The van der Waals surface area contributed by atoms with Crippen LogP contribution in [0.25, 0.3) is 0 Å². The van der Waals surface area contributed by atoms with E-state index in [2.05, 4.69) is 17.6 Å². The third kappa shape index (κ3) is 15.9. The highest BCUT2D eigenvalue weighted by molar-refractivity contribution is 6.68. The molecule has 9 heteroatoms. The summed E-state index contributed by atoms with van der Waals surface area (Å²) in [6, 6.07) is 3.04. The largest absolute Gasteiger partial charge is 0.359 e. The predicted octanol–water partition coefficient (Wildman–Crippen LogP) is 11.1. The zero-order chi connectivity index (χ0) is 26.1. The van der Waals surface area contributed by atoms with Crippen LogP contribution < -0.4 is 10.6 Å². The van der Waals surface area contributed by atoms with E-state index in [1.165, 1.54) is 89.2 Å². The van der Waals surface area contributed by atoms with Crippen LogP contribution >= 0.6 is 69.6 Å². The van der Waals surface area contributed by atoms with Gasteiger partial charge in [-0.05, 0) is 18.6 Å². The highest BCUT2D eigenvalue weighted by Gasteiger charge is 2.34. The fourth-order valence-corrected chi connectivity index (χ4v) is 5.17. The summed E-state index contributed by atoms with van der Waals surface area (Å²) in [5, 5.41) is 6.55. The first-order chi connectivity index (χ1) is 16.6. The molecule has 0 fully saturated rings. The standard InChI is InChI=1S/C26H40Cl6N2O/c1-2-3-4-5-6-7-8-9-10-11-12-13-14-15-16-17-23(35)33-25(26(30,31)32)34-24-21(28)18-20(27)19-22(24)29/h18-19,25,34H,2-17H2,1H3,(H,33,35). The Kier molecular flexibility index (Phi) is 18.4. The monoisotopic (exact) mass is 606 g/mol. The van der Waals surface area contributed by atoms with Gasteiger partial charge in [0, 0.05) is 11.4 Å². The molecule has 0 spiro atoms. The lowest BCUT2D eigenvalue weighted by Gasteiger charge is -2.28. The van der Waals surface area contributed by atoms with E-state index >= 15 is 0 Å². The van der Waals surface area contributed by atoms with Gasteiger partial charge in [-0.2, -0.15) is 0 Å². The van der Waals surface area contributed by atoms with Crippen LogP contribution in [0.1, 0.15) is 110 Å². The Morgan fingerprint density at radius 2 is 1.14 bits per heavy atom. The van der Waals surface area contributed by atoms with Gasteiger partial charge in [0.25, 0.3) is 0 Å². The zero-order valence-electron chi connectivity index (χ0n) is 20.7. The van der Waals surface area contributed by atoms with Gasteiger partial charge >= 0.3 is 0 Å². The molecule has 202 valence electrons. The number of carbonyl (C=O) groups is 1. The van der Waals surface area contributed by atoms with Crippen molar-refractivity contribution in [2.75, 3.05) is 5.32 Å². The second-order valence-corrected chi connectivity index (χ2v) is 12.8. The third-order valence-electron chi connectivity index (χ3n) is 5.94. The van der Waals surface area contributed by atoms with Crippen molar-refractivity contribution in [3.8, 4) is 0 Å². The Balaban J connectivity index is 2.17. The molecule has 0 saturated heterocycles. The van der Waals surface area contributed by atoms with Crippen LogP contribution in [0, 0.1) is 0 Å². The Morgan fingerprint density at radius 3 is 1.54 bits per heavy atom. The summed E-state index contributed by atoms with van der Waals surface area (Å²) in [6.45, 7) is 2.26. The number of carbonyl (C=O) groups excluding carboxylic acids is 1. The van der Waals surface area contributed by atoms with E-state index in [-0.39, 0.29) is 16.0 Å². The molecule has 0 bridgehead atoms. The van der Waals surface area contributed by atoms with Gasteiger partial charge in [-0.1, -0.05) is 166 Å². The molecule has 1 unspecified atom stereocenters. The minimum Gasteiger partial charge on any atom is -0.359 e. The molecule has 0 radical (unpaired) electrons. The number of hydrogen-bond acceptors (Lipinski definition) is 2. The first kappa shape index (κ1) is 33.3. The van der Waals surface area contributed by atoms with Crippen molar-refractivity contribution in [2.24, 2.45) is 0 Å². The van der Waals surface area contributed by atoms with Gasteiger partial charge in [-0.15, -0.1) is 0 Å². The van der Waals surface area contributed by atoms with E-state index in [1.807, 2.05) is 0 Å². The summed E-state index contributed by atoms with van der Waals surface area (Å²) in [4.78, 5) is 12.4. The number of amides is 1. The topological polar surface area (TPSA) is 41.1 Å². The number of benzene rings is 1. The SMILES string of the molecule is CCCCCCCCCCCCCCCCCC(=O)NC(Nc1c(Cl)cc(Cl)cc1Cl)C(Cl)(Cl)Cl. The molecule has 2 N–H and O–H groups in total. The average molecular weight is 609 g/mol. The van der Waals surface area contributed by atoms with Crippen molar-refractivity contribution in [1.29, 1.82) is 0 Å². The molecule has 1 aromatic carbocycles. The van der Waals surface area contributed by atoms with Crippen LogP contribution in [0.2, 0.25) is 15.1 Å². The summed E-state index contributed by atoms with van der Waals surface area (Å²) < 4.78 is -1.81. The van der Waals surface area contributed by atoms with Gasteiger partial charge in [-0.3, -0.25) is 4.79 Å². The van der Waals surface area contributed by atoms with Gasteiger partial charge in [0.1, 0.15) is 6.17 Å². The van der Waals surface area contributed by atoms with Crippen molar-refractivity contribution in [2.45, 2.75) is 120 Å². The smallest absolute Gasteiger partial charge is 0.228 e. The maximum Gasteiger partial charge on any atom is 0.228 e. The lowest BCUT2D eigenvalue weighted by molar-refractivity contribution is -0.121. The molecule has 0 aliphatic carbocycles. The van der Waals surface area contributed by atoms with Crippen molar-refractivity contribution in [3.63, 3.8) is 0 Å². The molecule has 35 heavy (non-hydrogen) atoms. The lowest BCUT2D eigenvalue weighted by atomic mass is 10.0. The van der Waals surface area contributed by atoms with Crippen LogP contribution in [-0.4, -0.2) is 15.9 Å². The summed E-state index contributed by atoms with van der Waals surface area (Å²) in [7, 11) is 0. The quantitative estimate of drug-likeness (QED) is 0.0931. The fourth-order valence-electron chi connectivity index (χ4n) is 3.91. The first-order valence-electron chi connectivity index (χ1n) is 12.9. The Labute approximate surface area is 242 Å². The van der Waals surface area contributed by atoms with E-state index in [0.29, 0.717) is 17.1 Å². The molecular weight excluding hydrogens is 569 g/mol. The van der Waals surface area contributed by atoms with Crippen LogP contribution in [-0.2, 0) is 4.79 Å². The molecule has 1 atom stereocenters. The highest BCUT2D eigenvalue weighted by Crippen LogP contribution is 2.37. The molecule has 0 saturated carbocycles. The van der Waals surface area contributed by atoms with E-state index < -0.39 is 9.96 Å². The lowest BCUT2D eigenvalue weighted by Crippen LogP contribution is -2.49. The average Bonchev–Trinajstić information content (AvgIpc) is 2.77. The summed E-state index contributed by atoms with van der Waals surface area (Å²) in [5.41, 5.74) is 0.335. The van der Waals surface area contributed by atoms with Crippen molar-refractivity contribution in [1.82, 2.24) is 5.32 Å². The second kappa shape index (κ2) is 19.3. The molecule has 0 aliphatic rings. The molecule has 1 aromatic rings. The zero-order valence-corrected chi connectivity index (χ0v) is 25.3. The summed E-state index contributed by atoms with van der Waals surface area (Å²) >= 11 is 36.5. The molecule has 3 nitrogen and oxygen atoms in total. The molecule has 0 aromatic heterocycles. The maximum absolute atomic E-state index is 12.4. The summed E-state index contributed by atoms with van der Waals surface area (Å²) in [6.07, 6.45) is 18.4. The first-order valence-corrected chi connectivity index (χ1v) is 15.2. The van der Waals surface area contributed by atoms with Crippen LogP contribution in [0.5, 0.6) is 0 Å². The van der Waals surface area contributed by atoms with Crippen LogP contribution in [0.3, 0.4) is 0 Å². The minimum atomic E-state index is -1.81. The molecule has 1 amide bonds. The Morgan fingerprint density at radius 1 is 0.743 bits per heavy atom. The number of halogens is 6. The number of nitrogens with one attached hydrogen (secondary N) is 2. The van der Waals surface area contributed by atoms with E-state index in [1.54, 1.807) is 0 Å². The van der Waals surface area contributed by atoms with Crippen LogP contribution in [0.4, 0.5) is 5.69 Å². The Hall–Kier alpha value is 0.230. The molecule has 0 aliphatic heterocycles. The Bertz CT molecular complexity index is 703. The fraction of sp³-hybridized carbons (Fsp3) is 0.731. The highest BCUT2D eigenvalue weighted by atomic mass is 35.6. The van der Waals surface area contributed by atoms with Gasteiger partial charge in [0.2, 0.25) is 9.70 Å². The van der Waals surface area contributed by atoms with Crippen molar-refractivity contribution in [3.05, 3.63) is 27.2 Å². The van der Waals surface area contributed by atoms with Gasteiger partial charge in [-0.25, -0.2) is 0 Å². The molecule has 0 heterocycles. The molecule has 1 rings (SSSR count). The number of unbranched alkanes of at least 4 members (excludes halogenated alkanes) is 14. The molecular formula is C26H40Cl6N2O. The normalized spacial score (nSPS) is 12.5. The van der Waals surface area contributed by atoms with Gasteiger partial charge in [0.05, 0.1) is 15.7 Å². The van der Waals surface area contributed by atoms with E-state index in [4.69, 9.17) is 69.6 Å². The number of alkyl halides is 3. The van der Waals surface area contributed by atoms with E-state index in [9.17, 15) is 4.79 Å². The number of rotatable bonds is 19. The minimum absolute atomic E-state index is 0.204. The van der Waals surface area contributed by atoms with Gasteiger partial charge in [0.15, 0.2) is 0 Å². The van der Waals surface area contributed by atoms with Crippen molar-refractivity contribution >= 4 is 81.2 Å². The second-order valence-electron chi connectivity index (χ2n) is 9.13. The summed E-state index contributed by atoms with van der Waals surface area (Å²) in [5.74, 6) is -0.204. The maximum atomic E-state index is 12.4. The van der Waals surface area contributed by atoms with Crippen LogP contribution in [0.15, 0.2) is 12.1 Å². The third-order valence-corrected chi connectivity index (χ3v) is 7.40. The van der Waals surface area contributed by atoms with Gasteiger partial charge < -0.3 is 10.6 Å². The number of anilines is 1.